The van der Waals surface area contributed by atoms with E-state index in [0.717, 1.165) is 6.07 Å². The van der Waals surface area contributed by atoms with Crippen molar-refractivity contribution in [3.8, 4) is 0 Å². The molecule has 0 radical (unpaired) electrons. The fraction of sp³-hybridized carbons (Fsp3) is 0.500. The van der Waals surface area contributed by atoms with Gasteiger partial charge in [-0.15, -0.1) is 0 Å². The molecular formula is C12H17F3N2O. The highest BCUT2D eigenvalue weighted by Crippen LogP contribution is 2.34. The molecule has 0 amide bonds. The van der Waals surface area contributed by atoms with Crippen molar-refractivity contribution < 1.29 is 18.3 Å². The molecule has 18 heavy (non-hydrogen) atoms. The van der Waals surface area contributed by atoms with Crippen molar-refractivity contribution >= 4 is 5.69 Å². The fourth-order valence-corrected chi connectivity index (χ4v) is 1.60. The average molecular weight is 262 g/mol. The Labute approximate surface area is 104 Å². The van der Waals surface area contributed by atoms with Crippen molar-refractivity contribution in [3.05, 3.63) is 29.8 Å². The Morgan fingerprint density at radius 1 is 1.28 bits per heavy atom. The van der Waals surface area contributed by atoms with Crippen LogP contribution in [0.25, 0.3) is 0 Å². The van der Waals surface area contributed by atoms with Crippen molar-refractivity contribution in [1.82, 2.24) is 4.90 Å². The van der Waals surface area contributed by atoms with Gasteiger partial charge in [0.2, 0.25) is 0 Å². The number of para-hydroxylation sites is 1. The first kappa shape index (κ1) is 14.8. The van der Waals surface area contributed by atoms with E-state index in [-0.39, 0.29) is 12.2 Å². The number of nitrogens with zero attached hydrogens (tertiary/aromatic N) is 1. The lowest BCUT2D eigenvalue weighted by atomic mass is 10.1. The lowest BCUT2D eigenvalue weighted by Gasteiger charge is -2.19. The molecule has 1 rings (SSSR count). The SMILES string of the molecule is CN(C)CC(O)CNc1ccccc1C(F)(F)F. The van der Waals surface area contributed by atoms with Crippen LogP contribution in [0.2, 0.25) is 0 Å². The van der Waals surface area contributed by atoms with Crippen LogP contribution < -0.4 is 5.32 Å². The predicted octanol–water partition coefficient (Wildman–Crippen LogP) is 2.04. The van der Waals surface area contributed by atoms with Gasteiger partial charge >= 0.3 is 6.18 Å². The number of hydrogen-bond acceptors (Lipinski definition) is 3. The first-order valence-electron chi connectivity index (χ1n) is 5.53. The van der Waals surface area contributed by atoms with Crippen LogP contribution in [0.15, 0.2) is 24.3 Å². The number of halogens is 3. The summed E-state index contributed by atoms with van der Waals surface area (Å²) in [4.78, 5) is 1.77. The highest BCUT2D eigenvalue weighted by Gasteiger charge is 2.33. The van der Waals surface area contributed by atoms with Crippen molar-refractivity contribution in [1.29, 1.82) is 0 Å². The van der Waals surface area contributed by atoms with Gasteiger partial charge in [-0.1, -0.05) is 12.1 Å². The second-order valence-corrected chi connectivity index (χ2v) is 4.34. The molecule has 1 atom stereocenters. The molecule has 6 heteroatoms. The Bertz CT molecular complexity index is 380. The third-order valence-electron chi connectivity index (χ3n) is 2.34. The van der Waals surface area contributed by atoms with Gasteiger partial charge in [0.05, 0.1) is 11.7 Å². The van der Waals surface area contributed by atoms with Crippen LogP contribution in [-0.4, -0.2) is 43.3 Å². The fourth-order valence-electron chi connectivity index (χ4n) is 1.60. The molecule has 0 aliphatic heterocycles. The summed E-state index contributed by atoms with van der Waals surface area (Å²) in [5, 5.41) is 12.2. The standard InChI is InChI=1S/C12H17F3N2O/c1-17(2)8-9(18)7-16-11-6-4-3-5-10(11)12(13,14)15/h3-6,9,16,18H,7-8H2,1-2H3. The first-order valence-corrected chi connectivity index (χ1v) is 5.53. The highest BCUT2D eigenvalue weighted by atomic mass is 19.4. The van der Waals surface area contributed by atoms with Crippen LogP contribution >= 0.6 is 0 Å². The maximum atomic E-state index is 12.7. The third kappa shape index (κ3) is 4.54. The van der Waals surface area contributed by atoms with Gasteiger partial charge in [-0.05, 0) is 26.2 Å². The van der Waals surface area contributed by atoms with Crippen LogP contribution in [-0.2, 0) is 6.18 Å². The molecule has 3 nitrogen and oxygen atoms in total. The van der Waals surface area contributed by atoms with Crippen LogP contribution in [0.4, 0.5) is 18.9 Å². The summed E-state index contributed by atoms with van der Waals surface area (Å²) < 4.78 is 38.0. The maximum absolute atomic E-state index is 12.7. The van der Waals surface area contributed by atoms with Gasteiger partial charge in [-0.3, -0.25) is 0 Å². The highest BCUT2D eigenvalue weighted by molar-refractivity contribution is 5.52. The number of benzene rings is 1. The molecule has 0 saturated heterocycles. The second kappa shape index (κ2) is 6.06. The van der Waals surface area contributed by atoms with Crippen LogP contribution in [0.5, 0.6) is 0 Å². The van der Waals surface area contributed by atoms with E-state index < -0.39 is 17.8 Å². The predicted molar refractivity (Wildman–Crippen MR) is 64.5 cm³/mol. The zero-order valence-corrected chi connectivity index (χ0v) is 10.3. The number of likely N-dealkylation sites (N-methyl/N-ethyl adjacent to an activating group) is 1. The molecule has 2 N–H and O–H groups in total. The Morgan fingerprint density at radius 3 is 2.44 bits per heavy atom. The number of aliphatic hydroxyl groups is 1. The summed E-state index contributed by atoms with van der Waals surface area (Å²) >= 11 is 0. The molecule has 0 saturated carbocycles. The molecule has 1 unspecified atom stereocenters. The van der Waals surface area contributed by atoms with Gasteiger partial charge in [-0.2, -0.15) is 13.2 Å². The van der Waals surface area contributed by atoms with Crippen molar-refractivity contribution in [2.75, 3.05) is 32.5 Å². The summed E-state index contributed by atoms with van der Waals surface area (Å²) in [5.74, 6) is 0. The topological polar surface area (TPSA) is 35.5 Å². The Balaban J connectivity index is 2.68. The Hall–Kier alpha value is -1.27. The minimum absolute atomic E-state index is 0.0113. The second-order valence-electron chi connectivity index (χ2n) is 4.34. The van der Waals surface area contributed by atoms with E-state index in [1.165, 1.54) is 18.2 Å². The number of nitrogens with one attached hydrogen (secondary N) is 1. The van der Waals surface area contributed by atoms with Gasteiger partial charge < -0.3 is 15.3 Å². The van der Waals surface area contributed by atoms with Gasteiger partial charge in [0.15, 0.2) is 0 Å². The summed E-state index contributed by atoms with van der Waals surface area (Å²) in [6.07, 6.45) is -5.11. The van der Waals surface area contributed by atoms with E-state index in [1.807, 2.05) is 0 Å². The number of anilines is 1. The quantitative estimate of drug-likeness (QED) is 0.852. The molecule has 0 heterocycles. The number of hydrogen-bond donors (Lipinski definition) is 2. The number of alkyl halides is 3. The monoisotopic (exact) mass is 262 g/mol. The van der Waals surface area contributed by atoms with Crippen LogP contribution in [0.1, 0.15) is 5.56 Å². The molecular weight excluding hydrogens is 245 g/mol. The molecule has 1 aromatic carbocycles. The van der Waals surface area contributed by atoms with Crippen LogP contribution in [0.3, 0.4) is 0 Å². The Kier molecular flexibility index (Phi) is 4.98. The van der Waals surface area contributed by atoms with Gasteiger partial charge in [0, 0.05) is 18.8 Å². The van der Waals surface area contributed by atoms with E-state index in [0.29, 0.717) is 6.54 Å². The molecule has 0 fully saturated rings. The summed E-state index contributed by atoms with van der Waals surface area (Å²) in [7, 11) is 3.57. The molecule has 0 aromatic heterocycles. The molecule has 0 spiro atoms. The smallest absolute Gasteiger partial charge is 0.390 e. The average Bonchev–Trinajstić information content (AvgIpc) is 2.24. The van der Waals surface area contributed by atoms with Crippen LogP contribution in [0, 0.1) is 0 Å². The number of rotatable bonds is 5. The lowest BCUT2D eigenvalue weighted by Crippen LogP contribution is -2.31. The van der Waals surface area contributed by atoms with E-state index in [2.05, 4.69) is 5.32 Å². The van der Waals surface area contributed by atoms with Crippen molar-refractivity contribution in [3.63, 3.8) is 0 Å². The number of aliphatic hydroxyl groups excluding tert-OH is 1. The van der Waals surface area contributed by atoms with Gasteiger partial charge in [-0.25, -0.2) is 0 Å². The van der Waals surface area contributed by atoms with E-state index in [9.17, 15) is 18.3 Å². The molecule has 0 bridgehead atoms. The summed E-state index contributed by atoms with van der Waals surface area (Å²) in [6.45, 7) is 0.465. The minimum Gasteiger partial charge on any atom is -0.390 e. The van der Waals surface area contributed by atoms with Crippen molar-refractivity contribution in [2.24, 2.45) is 0 Å². The molecule has 1 aromatic rings. The third-order valence-corrected chi connectivity index (χ3v) is 2.34. The molecule has 0 aliphatic rings. The summed E-state index contributed by atoms with van der Waals surface area (Å²) in [5.41, 5.74) is -0.732. The largest absolute Gasteiger partial charge is 0.418 e. The van der Waals surface area contributed by atoms with E-state index >= 15 is 0 Å². The minimum atomic E-state index is -4.39. The van der Waals surface area contributed by atoms with Gasteiger partial charge in [0.25, 0.3) is 0 Å². The van der Waals surface area contributed by atoms with E-state index in [4.69, 9.17) is 0 Å². The Morgan fingerprint density at radius 2 is 1.89 bits per heavy atom. The van der Waals surface area contributed by atoms with Gasteiger partial charge in [0.1, 0.15) is 0 Å². The molecule has 102 valence electrons. The zero-order chi connectivity index (χ0) is 13.8. The normalized spacial score (nSPS) is 13.7. The first-order chi connectivity index (χ1) is 8.30. The molecule has 0 aliphatic carbocycles. The lowest BCUT2D eigenvalue weighted by molar-refractivity contribution is -0.137. The zero-order valence-electron chi connectivity index (χ0n) is 10.3. The maximum Gasteiger partial charge on any atom is 0.418 e. The van der Waals surface area contributed by atoms with E-state index in [1.54, 1.807) is 19.0 Å². The van der Waals surface area contributed by atoms with Crippen molar-refractivity contribution in [2.45, 2.75) is 12.3 Å². The summed E-state index contributed by atoms with van der Waals surface area (Å²) in [6, 6.07) is 5.23.